The number of carbonyl (C=O) groups excluding carboxylic acids is 2. The molecule has 1 aliphatic heterocycles. The van der Waals surface area contributed by atoms with E-state index >= 15 is 0 Å². The Bertz CT molecular complexity index is 793. The van der Waals surface area contributed by atoms with Crippen molar-refractivity contribution in [3.63, 3.8) is 0 Å². The van der Waals surface area contributed by atoms with Gasteiger partial charge in [-0.2, -0.15) is 0 Å². The van der Waals surface area contributed by atoms with Crippen molar-refractivity contribution in [2.75, 3.05) is 32.1 Å². The molecular formula is C18H23N5O3S. The third-order valence-corrected chi connectivity index (χ3v) is 5.45. The van der Waals surface area contributed by atoms with Crippen molar-refractivity contribution in [2.24, 2.45) is 0 Å². The fraction of sp³-hybridized carbons (Fsp3) is 0.444. The maximum Gasteiger partial charge on any atom is 0.317 e. The van der Waals surface area contributed by atoms with Gasteiger partial charge in [0.1, 0.15) is 10.8 Å². The van der Waals surface area contributed by atoms with E-state index in [-0.39, 0.29) is 17.9 Å². The third kappa shape index (κ3) is 4.73. The van der Waals surface area contributed by atoms with Gasteiger partial charge in [-0.3, -0.25) is 4.79 Å². The van der Waals surface area contributed by atoms with E-state index in [4.69, 9.17) is 4.74 Å². The van der Waals surface area contributed by atoms with Crippen LogP contribution in [0.25, 0.3) is 0 Å². The van der Waals surface area contributed by atoms with E-state index < -0.39 is 0 Å². The molecule has 1 aromatic heterocycles. The molecule has 1 fully saturated rings. The maximum atomic E-state index is 12.4. The van der Waals surface area contributed by atoms with Crippen LogP contribution in [-0.2, 0) is 0 Å². The Morgan fingerprint density at radius 3 is 2.78 bits per heavy atom. The molecule has 9 heteroatoms. The summed E-state index contributed by atoms with van der Waals surface area (Å²) in [6.45, 7) is 3.85. The van der Waals surface area contributed by atoms with Gasteiger partial charge in [0.25, 0.3) is 5.91 Å². The average molecular weight is 389 g/mol. The lowest BCUT2D eigenvalue weighted by molar-refractivity contribution is 0.102. The second kappa shape index (κ2) is 8.81. The molecule has 8 nitrogen and oxygen atoms in total. The first kappa shape index (κ1) is 19.1. The van der Waals surface area contributed by atoms with Gasteiger partial charge in [-0.15, -0.1) is 10.2 Å². The molecule has 0 spiro atoms. The van der Waals surface area contributed by atoms with Crippen LogP contribution in [-0.4, -0.2) is 53.8 Å². The van der Waals surface area contributed by atoms with Gasteiger partial charge in [-0.25, -0.2) is 4.79 Å². The largest absolute Gasteiger partial charge is 0.497 e. The van der Waals surface area contributed by atoms with Gasteiger partial charge in [0, 0.05) is 31.2 Å². The van der Waals surface area contributed by atoms with Gasteiger partial charge in [-0.05, 0) is 44.0 Å². The number of methoxy groups -OCH3 is 1. The zero-order chi connectivity index (χ0) is 19.2. The minimum absolute atomic E-state index is 0.0517. The van der Waals surface area contributed by atoms with Crippen LogP contribution in [0.4, 0.5) is 10.5 Å². The number of anilines is 1. The number of hydrogen-bond acceptors (Lipinski definition) is 6. The molecule has 1 aromatic carbocycles. The fourth-order valence-electron chi connectivity index (χ4n) is 2.98. The summed E-state index contributed by atoms with van der Waals surface area (Å²) in [6.07, 6.45) is 1.85. The summed E-state index contributed by atoms with van der Waals surface area (Å²) in [5.41, 5.74) is 0.664. The SMILES string of the molecule is CCNC(=O)N1CCC[C@@H](c2nnc(C(=O)Nc3ccc(OC)cc3)s2)C1. The van der Waals surface area contributed by atoms with Crippen molar-refractivity contribution in [2.45, 2.75) is 25.7 Å². The lowest BCUT2D eigenvalue weighted by atomic mass is 9.99. The van der Waals surface area contributed by atoms with Crippen molar-refractivity contribution in [3.05, 3.63) is 34.3 Å². The number of nitrogens with zero attached hydrogens (tertiary/aromatic N) is 3. The average Bonchev–Trinajstić information content (AvgIpc) is 3.19. The van der Waals surface area contributed by atoms with Crippen LogP contribution >= 0.6 is 11.3 Å². The molecule has 0 radical (unpaired) electrons. The molecule has 2 aromatic rings. The number of benzene rings is 1. The Morgan fingerprint density at radius 2 is 2.07 bits per heavy atom. The van der Waals surface area contributed by atoms with Gasteiger partial charge in [0.05, 0.1) is 7.11 Å². The zero-order valence-electron chi connectivity index (χ0n) is 15.4. The van der Waals surface area contributed by atoms with Crippen molar-refractivity contribution < 1.29 is 14.3 Å². The first-order valence-corrected chi connectivity index (χ1v) is 9.74. The van der Waals surface area contributed by atoms with Crippen molar-refractivity contribution >= 4 is 29.0 Å². The Kier molecular flexibility index (Phi) is 6.23. The minimum Gasteiger partial charge on any atom is -0.497 e. The van der Waals surface area contributed by atoms with Gasteiger partial charge in [-0.1, -0.05) is 11.3 Å². The highest BCUT2D eigenvalue weighted by atomic mass is 32.1. The molecule has 27 heavy (non-hydrogen) atoms. The van der Waals surface area contributed by atoms with Crippen molar-refractivity contribution in [3.8, 4) is 5.75 Å². The Hall–Kier alpha value is -2.68. The molecule has 1 aliphatic rings. The molecule has 144 valence electrons. The normalized spacial score (nSPS) is 16.7. The van der Waals surface area contributed by atoms with E-state index in [2.05, 4.69) is 20.8 Å². The molecule has 2 N–H and O–H groups in total. The molecule has 1 saturated heterocycles. The summed E-state index contributed by atoms with van der Waals surface area (Å²) in [4.78, 5) is 26.3. The number of carbonyl (C=O) groups is 2. The number of nitrogens with one attached hydrogen (secondary N) is 2. The lowest BCUT2D eigenvalue weighted by Gasteiger charge is -2.31. The van der Waals surface area contributed by atoms with E-state index in [1.54, 1.807) is 36.3 Å². The van der Waals surface area contributed by atoms with E-state index in [0.717, 1.165) is 30.1 Å². The first-order chi connectivity index (χ1) is 13.1. The van der Waals surface area contributed by atoms with Crippen LogP contribution in [0.5, 0.6) is 5.75 Å². The van der Waals surface area contributed by atoms with Crippen LogP contribution in [0.2, 0.25) is 0 Å². The summed E-state index contributed by atoms with van der Waals surface area (Å²) >= 11 is 1.28. The highest BCUT2D eigenvalue weighted by Gasteiger charge is 2.27. The summed E-state index contributed by atoms with van der Waals surface area (Å²) in [7, 11) is 1.59. The maximum absolute atomic E-state index is 12.4. The molecule has 3 rings (SSSR count). The van der Waals surface area contributed by atoms with E-state index in [9.17, 15) is 9.59 Å². The molecule has 0 bridgehead atoms. The Labute approximate surface area is 161 Å². The second-order valence-electron chi connectivity index (χ2n) is 6.25. The van der Waals surface area contributed by atoms with Crippen molar-refractivity contribution in [1.82, 2.24) is 20.4 Å². The number of amides is 3. The lowest BCUT2D eigenvalue weighted by Crippen LogP contribution is -2.44. The van der Waals surface area contributed by atoms with Gasteiger partial charge in [0.2, 0.25) is 5.01 Å². The number of likely N-dealkylation sites (tertiary alicyclic amines) is 1. The fourth-order valence-corrected chi connectivity index (χ4v) is 3.84. The topological polar surface area (TPSA) is 96.5 Å². The summed E-state index contributed by atoms with van der Waals surface area (Å²) < 4.78 is 5.10. The van der Waals surface area contributed by atoms with Gasteiger partial charge < -0.3 is 20.3 Å². The van der Waals surface area contributed by atoms with Gasteiger partial charge >= 0.3 is 6.03 Å². The zero-order valence-corrected chi connectivity index (χ0v) is 16.2. The third-order valence-electron chi connectivity index (χ3n) is 4.37. The summed E-state index contributed by atoms with van der Waals surface area (Å²) in [6, 6.07) is 7.04. The van der Waals surface area contributed by atoms with Crippen LogP contribution in [0.1, 0.15) is 40.5 Å². The van der Waals surface area contributed by atoms with E-state index in [1.165, 1.54) is 11.3 Å². The molecule has 0 unspecified atom stereocenters. The Balaban J connectivity index is 1.63. The van der Waals surface area contributed by atoms with E-state index in [0.29, 0.717) is 23.8 Å². The number of piperidine rings is 1. The van der Waals surface area contributed by atoms with Crippen molar-refractivity contribution in [1.29, 1.82) is 0 Å². The predicted molar refractivity (Wildman–Crippen MR) is 103 cm³/mol. The number of ether oxygens (including phenoxy) is 1. The van der Waals surface area contributed by atoms with Crippen LogP contribution in [0, 0.1) is 0 Å². The highest BCUT2D eigenvalue weighted by molar-refractivity contribution is 7.13. The van der Waals surface area contributed by atoms with Gasteiger partial charge in [0.15, 0.2) is 0 Å². The summed E-state index contributed by atoms with van der Waals surface area (Å²) in [5, 5.41) is 15.0. The monoisotopic (exact) mass is 389 g/mol. The molecule has 2 heterocycles. The first-order valence-electron chi connectivity index (χ1n) is 8.92. The smallest absolute Gasteiger partial charge is 0.317 e. The van der Waals surface area contributed by atoms with E-state index in [1.807, 2.05) is 6.92 Å². The quantitative estimate of drug-likeness (QED) is 0.820. The predicted octanol–water partition coefficient (Wildman–Crippen LogP) is 2.71. The number of hydrogen-bond donors (Lipinski definition) is 2. The molecule has 1 atom stereocenters. The summed E-state index contributed by atoms with van der Waals surface area (Å²) in [5.74, 6) is 0.543. The molecular weight excluding hydrogens is 366 g/mol. The number of urea groups is 1. The number of aromatic nitrogens is 2. The molecule has 3 amide bonds. The minimum atomic E-state index is -0.291. The van der Waals surface area contributed by atoms with Crippen LogP contribution in [0.15, 0.2) is 24.3 Å². The van der Waals surface area contributed by atoms with Crippen LogP contribution < -0.4 is 15.4 Å². The second-order valence-corrected chi connectivity index (χ2v) is 7.26. The Morgan fingerprint density at radius 1 is 1.30 bits per heavy atom. The molecule has 0 saturated carbocycles. The standard InChI is InChI=1S/C18H23N5O3S/c1-3-19-18(25)23-10-4-5-12(11-23)16-21-22-17(27-16)15(24)20-13-6-8-14(26-2)9-7-13/h6-9,12H,3-5,10-11H2,1-2H3,(H,19,25)(H,20,24)/t12-/m1/s1. The highest BCUT2D eigenvalue weighted by Crippen LogP contribution is 2.29. The molecule has 0 aliphatic carbocycles. The van der Waals surface area contributed by atoms with Crippen LogP contribution in [0.3, 0.4) is 0 Å². The number of rotatable bonds is 5.